The van der Waals surface area contributed by atoms with Gasteiger partial charge >= 0.3 is 0 Å². The maximum absolute atomic E-state index is 12.2. The smallest absolute Gasteiger partial charge is 0.230 e. The van der Waals surface area contributed by atoms with Crippen molar-refractivity contribution in [3.8, 4) is 0 Å². The van der Waals surface area contributed by atoms with E-state index in [1.165, 1.54) is 17.3 Å². The first-order valence-electron chi connectivity index (χ1n) is 7.87. The second-order valence-electron chi connectivity index (χ2n) is 5.63. The largest absolute Gasteiger partial charge is 0.349 e. The van der Waals surface area contributed by atoms with Gasteiger partial charge in [0.1, 0.15) is 0 Å². The number of thioether (sulfide) groups is 1. The molecule has 0 radical (unpaired) electrons. The molecule has 0 heterocycles. The van der Waals surface area contributed by atoms with Gasteiger partial charge in [-0.15, -0.1) is 11.8 Å². The second-order valence-corrected chi connectivity index (χ2v) is 7.43. The lowest BCUT2D eigenvalue weighted by atomic mass is 10.0. The van der Waals surface area contributed by atoms with Gasteiger partial charge in [-0.05, 0) is 36.6 Å². The maximum atomic E-state index is 12.2. The van der Waals surface area contributed by atoms with Gasteiger partial charge < -0.3 is 5.32 Å². The Hall–Kier alpha value is -1.16. The summed E-state index contributed by atoms with van der Waals surface area (Å²) >= 11 is 13.8. The molecule has 2 rings (SSSR count). The van der Waals surface area contributed by atoms with E-state index in [1.807, 2.05) is 18.2 Å². The Labute approximate surface area is 157 Å². The minimum absolute atomic E-state index is 0.0237. The van der Waals surface area contributed by atoms with E-state index in [0.29, 0.717) is 21.6 Å². The van der Waals surface area contributed by atoms with Crippen LogP contribution in [0.2, 0.25) is 10.0 Å². The van der Waals surface area contributed by atoms with Gasteiger partial charge in [0, 0.05) is 15.8 Å². The van der Waals surface area contributed by atoms with Gasteiger partial charge in [0.15, 0.2) is 0 Å². The number of rotatable bonds is 7. The van der Waals surface area contributed by atoms with Gasteiger partial charge in [-0.25, -0.2) is 0 Å². The molecule has 0 bridgehead atoms. The van der Waals surface area contributed by atoms with Gasteiger partial charge in [-0.2, -0.15) is 0 Å². The Morgan fingerprint density at radius 3 is 2.33 bits per heavy atom. The number of hydrogen-bond donors (Lipinski definition) is 1. The number of halogens is 2. The Balaban J connectivity index is 1.87. The number of benzene rings is 2. The van der Waals surface area contributed by atoms with Crippen molar-refractivity contribution in [3.05, 3.63) is 69.2 Å². The molecule has 2 nitrogen and oxygen atoms in total. The molecule has 0 fully saturated rings. The van der Waals surface area contributed by atoms with Crippen LogP contribution < -0.4 is 5.32 Å². The Morgan fingerprint density at radius 1 is 1.12 bits per heavy atom. The Kier molecular flexibility index (Phi) is 7.47. The van der Waals surface area contributed by atoms with Crippen LogP contribution in [-0.4, -0.2) is 11.7 Å². The molecule has 0 spiro atoms. The average molecular weight is 382 g/mol. The van der Waals surface area contributed by atoms with E-state index < -0.39 is 0 Å². The van der Waals surface area contributed by atoms with Crippen LogP contribution in [0.3, 0.4) is 0 Å². The summed E-state index contributed by atoms with van der Waals surface area (Å²) in [6.07, 6.45) is 0.857. The first-order valence-corrected chi connectivity index (χ1v) is 9.79. The summed E-state index contributed by atoms with van der Waals surface area (Å²) in [5.74, 6) is 1.02. The van der Waals surface area contributed by atoms with Crippen molar-refractivity contribution in [2.75, 3.05) is 5.75 Å². The quantitative estimate of drug-likeness (QED) is 0.655. The first kappa shape index (κ1) is 19.2. The van der Waals surface area contributed by atoms with Crippen LogP contribution in [0.5, 0.6) is 0 Å². The number of carbonyl (C=O) groups excluding carboxylic acids is 1. The first-order chi connectivity index (χ1) is 11.5. The minimum atomic E-state index is 0.0237. The van der Waals surface area contributed by atoms with E-state index in [2.05, 4.69) is 43.4 Å². The van der Waals surface area contributed by atoms with Crippen LogP contribution in [-0.2, 0) is 10.5 Å². The van der Waals surface area contributed by atoms with Crippen molar-refractivity contribution in [2.45, 2.75) is 32.1 Å². The molecule has 2 aromatic carbocycles. The lowest BCUT2D eigenvalue weighted by Crippen LogP contribution is -2.29. The fourth-order valence-corrected chi connectivity index (χ4v) is 3.95. The van der Waals surface area contributed by atoms with Crippen LogP contribution in [0, 0.1) is 6.92 Å². The number of aryl methyl sites for hydroxylation is 1. The van der Waals surface area contributed by atoms with Crippen LogP contribution in [0.4, 0.5) is 0 Å². The standard InChI is InChI=1S/C19H21Cl2NOS/c1-3-18(14-9-7-13(2)8-10-14)22-19(23)12-24-11-15-16(20)5-4-6-17(15)21/h4-10,18H,3,11-12H2,1-2H3,(H,22,23)/t18-/m0/s1. The molecule has 0 unspecified atom stereocenters. The molecule has 2 aromatic rings. The van der Waals surface area contributed by atoms with E-state index in [1.54, 1.807) is 0 Å². The van der Waals surface area contributed by atoms with E-state index >= 15 is 0 Å². The molecular formula is C19H21Cl2NOS. The molecule has 1 atom stereocenters. The van der Waals surface area contributed by atoms with Crippen LogP contribution in [0.1, 0.15) is 36.1 Å². The van der Waals surface area contributed by atoms with E-state index in [-0.39, 0.29) is 11.9 Å². The number of nitrogens with one attached hydrogen (secondary N) is 1. The van der Waals surface area contributed by atoms with E-state index in [0.717, 1.165) is 17.5 Å². The van der Waals surface area contributed by atoms with E-state index in [4.69, 9.17) is 23.2 Å². The summed E-state index contributed by atoms with van der Waals surface area (Å²) in [7, 11) is 0. The lowest BCUT2D eigenvalue weighted by Gasteiger charge is -2.17. The number of carbonyl (C=O) groups is 1. The molecule has 0 aliphatic rings. The van der Waals surface area contributed by atoms with Crippen molar-refractivity contribution in [1.82, 2.24) is 5.32 Å². The molecule has 0 saturated carbocycles. The van der Waals surface area contributed by atoms with Gasteiger partial charge in [0.25, 0.3) is 0 Å². The Morgan fingerprint density at radius 2 is 1.75 bits per heavy atom. The second kappa shape index (κ2) is 9.36. The summed E-state index contributed by atoms with van der Waals surface area (Å²) in [4.78, 5) is 12.2. The highest BCUT2D eigenvalue weighted by Gasteiger charge is 2.13. The van der Waals surface area contributed by atoms with Crippen LogP contribution in [0.15, 0.2) is 42.5 Å². The Bertz CT molecular complexity index is 668. The molecular weight excluding hydrogens is 361 g/mol. The van der Waals surface area contributed by atoms with Gasteiger partial charge in [0.2, 0.25) is 5.91 Å². The topological polar surface area (TPSA) is 29.1 Å². The summed E-state index contributed by atoms with van der Waals surface area (Å²) in [5, 5.41) is 4.37. The molecule has 128 valence electrons. The predicted octanol–water partition coefficient (Wildman–Crippen LogP) is 5.80. The third-order valence-electron chi connectivity index (χ3n) is 3.76. The predicted molar refractivity (Wildman–Crippen MR) is 105 cm³/mol. The highest BCUT2D eigenvalue weighted by Crippen LogP contribution is 2.28. The minimum Gasteiger partial charge on any atom is -0.349 e. The van der Waals surface area contributed by atoms with Crippen molar-refractivity contribution in [3.63, 3.8) is 0 Å². The van der Waals surface area contributed by atoms with Crippen molar-refractivity contribution >= 4 is 40.9 Å². The van der Waals surface area contributed by atoms with Gasteiger partial charge in [0.05, 0.1) is 11.8 Å². The number of amides is 1. The fraction of sp³-hybridized carbons (Fsp3) is 0.316. The summed E-state index contributed by atoms with van der Waals surface area (Å²) in [6.45, 7) is 4.13. The molecule has 0 saturated heterocycles. The molecule has 0 aliphatic carbocycles. The monoisotopic (exact) mass is 381 g/mol. The summed E-state index contributed by atoms with van der Waals surface area (Å²) in [6, 6.07) is 13.8. The van der Waals surface area contributed by atoms with Gasteiger partial charge in [-0.1, -0.05) is 66.0 Å². The lowest BCUT2D eigenvalue weighted by molar-refractivity contribution is -0.119. The molecule has 24 heavy (non-hydrogen) atoms. The van der Waals surface area contributed by atoms with Crippen molar-refractivity contribution < 1.29 is 4.79 Å². The SMILES string of the molecule is CC[C@H](NC(=O)CSCc1c(Cl)cccc1Cl)c1ccc(C)cc1. The van der Waals surface area contributed by atoms with Crippen LogP contribution >= 0.6 is 35.0 Å². The molecule has 5 heteroatoms. The summed E-state index contributed by atoms with van der Waals surface area (Å²) < 4.78 is 0. The normalized spacial score (nSPS) is 12.0. The molecule has 1 N–H and O–H groups in total. The average Bonchev–Trinajstić information content (AvgIpc) is 2.56. The number of hydrogen-bond acceptors (Lipinski definition) is 2. The molecule has 0 aliphatic heterocycles. The highest BCUT2D eigenvalue weighted by molar-refractivity contribution is 7.99. The third kappa shape index (κ3) is 5.44. The fourth-order valence-electron chi connectivity index (χ4n) is 2.37. The van der Waals surface area contributed by atoms with Crippen LogP contribution in [0.25, 0.3) is 0 Å². The summed E-state index contributed by atoms with van der Waals surface area (Å²) in [5.41, 5.74) is 3.23. The van der Waals surface area contributed by atoms with Gasteiger partial charge in [-0.3, -0.25) is 4.79 Å². The molecule has 1 amide bonds. The van der Waals surface area contributed by atoms with Crippen molar-refractivity contribution in [1.29, 1.82) is 0 Å². The third-order valence-corrected chi connectivity index (χ3v) is 5.43. The highest BCUT2D eigenvalue weighted by atomic mass is 35.5. The maximum Gasteiger partial charge on any atom is 0.230 e. The zero-order valence-electron chi connectivity index (χ0n) is 13.8. The van der Waals surface area contributed by atoms with E-state index in [9.17, 15) is 4.79 Å². The zero-order valence-corrected chi connectivity index (χ0v) is 16.1. The molecule has 0 aromatic heterocycles. The van der Waals surface area contributed by atoms with Crippen molar-refractivity contribution in [2.24, 2.45) is 0 Å². The zero-order chi connectivity index (χ0) is 17.5.